The Morgan fingerprint density at radius 2 is 1.94 bits per heavy atom. The highest BCUT2D eigenvalue weighted by Crippen LogP contribution is 2.34. The van der Waals surface area contributed by atoms with Crippen LogP contribution >= 0.6 is 0 Å². The van der Waals surface area contributed by atoms with Gasteiger partial charge in [-0.2, -0.15) is 20.5 Å². The summed E-state index contributed by atoms with van der Waals surface area (Å²) in [4.78, 5) is 18.5. The minimum Gasteiger partial charge on any atom is -0.378 e. The summed E-state index contributed by atoms with van der Waals surface area (Å²) >= 11 is 0. The van der Waals surface area contributed by atoms with E-state index in [9.17, 15) is 9.18 Å². The second-order valence-electron chi connectivity index (χ2n) is 7.67. The number of hydrogen-bond donors (Lipinski definition) is 2. The number of pyridine rings is 1. The summed E-state index contributed by atoms with van der Waals surface area (Å²) in [6.07, 6.45) is 1.86. The number of aromatic amines is 1. The maximum atomic E-state index is 14.9. The van der Waals surface area contributed by atoms with E-state index in [1.54, 1.807) is 10.6 Å². The number of nitrogens with zero attached hydrogens (tertiary/aromatic N) is 6. The summed E-state index contributed by atoms with van der Waals surface area (Å²) in [6.45, 7) is 6.40. The molecule has 0 unspecified atom stereocenters. The standard InChI is InChI=1S/C21H21FN8O2/c1-11-7-16(22)15(18-19(20(23)31)26-28-25-18)9-14(11)13-8-17(29-3-5-32-6-4-29)21-24-12(2)27-30(21)10-13/h7-10H,3-6H2,1-2H3,(H2,23,31)(H,25,26,28). The van der Waals surface area contributed by atoms with Crippen LogP contribution in [0.2, 0.25) is 0 Å². The van der Waals surface area contributed by atoms with Gasteiger partial charge in [0, 0.05) is 30.4 Å². The molecule has 1 aliphatic rings. The van der Waals surface area contributed by atoms with E-state index < -0.39 is 11.7 Å². The van der Waals surface area contributed by atoms with Crippen molar-refractivity contribution in [3.63, 3.8) is 0 Å². The fourth-order valence-corrected chi connectivity index (χ4v) is 4.02. The van der Waals surface area contributed by atoms with Crippen LogP contribution < -0.4 is 10.6 Å². The van der Waals surface area contributed by atoms with Gasteiger partial charge < -0.3 is 15.4 Å². The second-order valence-corrected chi connectivity index (χ2v) is 7.67. The quantitative estimate of drug-likeness (QED) is 0.500. The molecule has 0 spiro atoms. The topological polar surface area (TPSA) is 127 Å². The highest BCUT2D eigenvalue weighted by Gasteiger charge is 2.22. The number of carbonyl (C=O) groups excluding carboxylic acids is 1. The number of primary amides is 1. The molecule has 0 bridgehead atoms. The first-order chi connectivity index (χ1) is 15.4. The monoisotopic (exact) mass is 436 g/mol. The van der Waals surface area contributed by atoms with E-state index in [2.05, 4.69) is 30.4 Å². The minimum atomic E-state index is -0.788. The van der Waals surface area contributed by atoms with Crippen molar-refractivity contribution in [2.45, 2.75) is 13.8 Å². The average molecular weight is 436 g/mol. The molecule has 10 nitrogen and oxygen atoms in total. The summed E-state index contributed by atoms with van der Waals surface area (Å²) in [7, 11) is 0. The first-order valence-electron chi connectivity index (χ1n) is 10.1. The first kappa shape index (κ1) is 20.1. The number of anilines is 1. The summed E-state index contributed by atoms with van der Waals surface area (Å²) in [5.74, 6) is -0.653. The SMILES string of the molecule is Cc1nc2c(N3CCOCC3)cc(-c3cc(-c4n[nH]nc4C(N)=O)c(F)cc3C)cn2n1. The molecule has 4 aromatic rings. The number of nitrogens with one attached hydrogen (secondary N) is 1. The summed E-state index contributed by atoms with van der Waals surface area (Å²) in [5.41, 5.74) is 9.46. The lowest BCUT2D eigenvalue weighted by atomic mass is 9.96. The van der Waals surface area contributed by atoms with Crippen LogP contribution in [-0.2, 0) is 4.74 Å². The largest absolute Gasteiger partial charge is 0.378 e. The summed E-state index contributed by atoms with van der Waals surface area (Å²) < 4.78 is 22.1. The number of benzene rings is 1. The predicted octanol–water partition coefficient (Wildman–Crippen LogP) is 1.87. The van der Waals surface area contributed by atoms with Crippen LogP contribution in [0.4, 0.5) is 10.1 Å². The fraction of sp³-hybridized carbons (Fsp3) is 0.286. The molecule has 0 atom stereocenters. The Kier molecular flexibility index (Phi) is 4.82. The Morgan fingerprint density at radius 1 is 1.16 bits per heavy atom. The Balaban J connectivity index is 1.70. The van der Waals surface area contributed by atoms with E-state index in [1.165, 1.54) is 6.07 Å². The van der Waals surface area contributed by atoms with Gasteiger partial charge in [-0.25, -0.2) is 13.9 Å². The van der Waals surface area contributed by atoms with Gasteiger partial charge in [0.05, 0.1) is 18.9 Å². The van der Waals surface area contributed by atoms with Gasteiger partial charge in [0.25, 0.3) is 5.91 Å². The number of H-pyrrole nitrogens is 1. The minimum absolute atomic E-state index is 0.0716. The molecule has 0 saturated carbocycles. The molecule has 1 fully saturated rings. The number of ether oxygens (including phenoxy) is 1. The highest BCUT2D eigenvalue weighted by atomic mass is 19.1. The molecule has 0 radical (unpaired) electrons. The van der Waals surface area contributed by atoms with E-state index in [-0.39, 0.29) is 17.0 Å². The zero-order valence-corrected chi connectivity index (χ0v) is 17.6. The lowest BCUT2D eigenvalue weighted by Crippen LogP contribution is -2.36. The number of aryl methyl sites for hydroxylation is 2. The van der Waals surface area contributed by atoms with Crippen molar-refractivity contribution in [2.24, 2.45) is 5.73 Å². The van der Waals surface area contributed by atoms with Crippen LogP contribution in [0.25, 0.3) is 28.0 Å². The normalized spacial score (nSPS) is 14.3. The van der Waals surface area contributed by atoms with Crippen molar-refractivity contribution in [1.29, 1.82) is 0 Å². The van der Waals surface area contributed by atoms with Crippen molar-refractivity contribution in [3.8, 4) is 22.4 Å². The van der Waals surface area contributed by atoms with Gasteiger partial charge in [-0.15, -0.1) is 0 Å². The Bertz CT molecular complexity index is 1340. The van der Waals surface area contributed by atoms with Crippen molar-refractivity contribution < 1.29 is 13.9 Å². The number of fused-ring (bicyclic) bond motifs is 1. The smallest absolute Gasteiger partial charge is 0.271 e. The second kappa shape index (κ2) is 7.68. The number of nitrogens with two attached hydrogens (primary N) is 1. The third-order valence-corrected chi connectivity index (χ3v) is 5.53. The lowest BCUT2D eigenvalue weighted by Gasteiger charge is -2.29. The third-order valence-electron chi connectivity index (χ3n) is 5.53. The number of morpholine rings is 1. The van der Waals surface area contributed by atoms with Crippen molar-refractivity contribution in [2.75, 3.05) is 31.2 Å². The lowest BCUT2D eigenvalue weighted by molar-refractivity contribution is 0.0996. The van der Waals surface area contributed by atoms with Crippen LogP contribution in [0.3, 0.4) is 0 Å². The molecule has 164 valence electrons. The highest BCUT2D eigenvalue weighted by molar-refractivity contribution is 5.97. The molecule has 3 aromatic heterocycles. The molecule has 1 amide bonds. The summed E-state index contributed by atoms with van der Waals surface area (Å²) in [6, 6.07) is 5.09. The molecule has 1 aromatic carbocycles. The van der Waals surface area contributed by atoms with E-state index in [0.29, 0.717) is 19.0 Å². The van der Waals surface area contributed by atoms with Gasteiger partial charge in [0.1, 0.15) is 17.3 Å². The average Bonchev–Trinajstić information content (AvgIpc) is 3.40. The van der Waals surface area contributed by atoms with Crippen molar-refractivity contribution in [1.82, 2.24) is 30.0 Å². The van der Waals surface area contributed by atoms with E-state index in [0.717, 1.165) is 41.1 Å². The fourth-order valence-electron chi connectivity index (χ4n) is 4.02. The first-order valence-corrected chi connectivity index (χ1v) is 10.1. The maximum absolute atomic E-state index is 14.9. The molecule has 3 N–H and O–H groups in total. The Labute approximate surface area is 182 Å². The number of aromatic nitrogens is 6. The maximum Gasteiger partial charge on any atom is 0.271 e. The Morgan fingerprint density at radius 3 is 2.69 bits per heavy atom. The van der Waals surface area contributed by atoms with Crippen LogP contribution in [0.1, 0.15) is 21.9 Å². The van der Waals surface area contributed by atoms with Gasteiger partial charge >= 0.3 is 0 Å². The zero-order chi connectivity index (χ0) is 22.4. The predicted molar refractivity (Wildman–Crippen MR) is 115 cm³/mol. The van der Waals surface area contributed by atoms with Crippen LogP contribution in [-0.4, -0.2) is 62.2 Å². The number of rotatable bonds is 4. The molecule has 11 heteroatoms. The van der Waals surface area contributed by atoms with Crippen LogP contribution in [0.15, 0.2) is 24.4 Å². The molecule has 1 saturated heterocycles. The van der Waals surface area contributed by atoms with Gasteiger partial charge in [-0.05, 0) is 43.2 Å². The van der Waals surface area contributed by atoms with E-state index in [1.807, 2.05) is 26.1 Å². The number of carbonyl (C=O) groups is 1. The molecule has 0 aliphatic carbocycles. The molecular weight excluding hydrogens is 415 g/mol. The number of amides is 1. The zero-order valence-electron chi connectivity index (χ0n) is 17.6. The van der Waals surface area contributed by atoms with Gasteiger partial charge in [-0.3, -0.25) is 4.79 Å². The van der Waals surface area contributed by atoms with Gasteiger partial charge in [-0.1, -0.05) is 0 Å². The van der Waals surface area contributed by atoms with Gasteiger partial charge in [0.2, 0.25) is 0 Å². The van der Waals surface area contributed by atoms with E-state index in [4.69, 9.17) is 10.5 Å². The van der Waals surface area contributed by atoms with Crippen molar-refractivity contribution >= 4 is 17.2 Å². The molecular formula is C21H21FN8O2. The molecule has 32 heavy (non-hydrogen) atoms. The molecule has 5 rings (SSSR count). The Hall–Kier alpha value is -3.86. The number of hydrogen-bond acceptors (Lipinski definition) is 7. The summed E-state index contributed by atoms with van der Waals surface area (Å²) in [5, 5.41) is 14.6. The molecule has 1 aliphatic heterocycles. The van der Waals surface area contributed by atoms with Crippen molar-refractivity contribution in [3.05, 3.63) is 47.3 Å². The van der Waals surface area contributed by atoms with Crippen LogP contribution in [0, 0.1) is 19.7 Å². The van der Waals surface area contributed by atoms with E-state index >= 15 is 0 Å². The third kappa shape index (κ3) is 3.36. The van der Waals surface area contributed by atoms with Gasteiger partial charge in [0.15, 0.2) is 11.3 Å². The van der Waals surface area contributed by atoms with Crippen LogP contribution in [0.5, 0.6) is 0 Å². The molecule has 4 heterocycles. The number of halogens is 1.